The summed E-state index contributed by atoms with van der Waals surface area (Å²) in [6.07, 6.45) is 0. The number of hydrogen-bond donors (Lipinski definition) is 0. The molecule has 1 heterocycles. The van der Waals surface area contributed by atoms with Gasteiger partial charge in [-0.15, -0.1) is 0 Å². The van der Waals surface area contributed by atoms with E-state index >= 15 is 0 Å². The molecule has 0 amide bonds. The van der Waals surface area contributed by atoms with Crippen molar-refractivity contribution in [1.82, 2.24) is 4.90 Å². The van der Waals surface area contributed by atoms with Crippen molar-refractivity contribution in [2.75, 3.05) is 31.1 Å². The predicted octanol–water partition coefficient (Wildman–Crippen LogP) is -0.322. The van der Waals surface area contributed by atoms with E-state index in [0.29, 0.717) is 19.6 Å². The fourth-order valence-corrected chi connectivity index (χ4v) is 2.84. The molecule has 4 nitrogen and oxygen atoms in total. The Morgan fingerprint density at radius 2 is 1.83 bits per heavy atom. The summed E-state index contributed by atoms with van der Waals surface area (Å²) in [4.78, 5) is 12.5. The van der Waals surface area contributed by atoms with Gasteiger partial charge in [0.15, 0.2) is 9.84 Å². The Morgan fingerprint density at radius 1 is 1.33 bits per heavy atom. The normalized spacial score (nSPS) is 23.8. The van der Waals surface area contributed by atoms with E-state index in [-0.39, 0.29) is 15.3 Å². The molecular weight excluding hydrogens is 293 g/mol. The molecule has 0 radical (unpaired) electrons. The molecule has 1 rings (SSSR count). The van der Waals surface area contributed by atoms with Crippen molar-refractivity contribution >= 4 is 36.2 Å². The van der Waals surface area contributed by atoms with E-state index in [2.05, 4.69) is 0 Å². The van der Waals surface area contributed by atoms with Crippen molar-refractivity contribution in [1.29, 1.82) is 0 Å². The van der Waals surface area contributed by atoms with Crippen LogP contribution in [0, 0.1) is 0 Å². The number of nitrogens with zero attached hydrogens (tertiary/aromatic N) is 1. The lowest BCUT2D eigenvalue weighted by molar-refractivity contribution is -0.110. The van der Waals surface area contributed by atoms with Gasteiger partial charge in [-0.2, -0.15) is 0 Å². The molecule has 6 heteroatoms. The fraction of sp³-hybridized carbons (Fsp3) is 0.833. The highest BCUT2D eigenvalue weighted by atomic mass is 127. The second-order valence-corrected chi connectivity index (χ2v) is 6.29. The molecule has 0 aromatic carbocycles. The predicted molar refractivity (Wildman–Crippen MR) is 54.1 cm³/mol. The van der Waals surface area contributed by atoms with Crippen LogP contribution in [-0.2, 0) is 14.6 Å². The fourth-order valence-electron chi connectivity index (χ4n) is 1.08. The van der Waals surface area contributed by atoms with Crippen molar-refractivity contribution in [2.45, 2.75) is 0 Å². The van der Waals surface area contributed by atoms with E-state index in [1.165, 1.54) is 0 Å². The Morgan fingerprint density at radius 3 is 2.25 bits per heavy atom. The molecule has 0 N–H and O–H groups in total. The molecule has 0 aliphatic carbocycles. The SMILES string of the molecule is O=C(I)CN1CCS(=O)(=O)CC1. The van der Waals surface area contributed by atoms with Crippen molar-refractivity contribution in [3.8, 4) is 0 Å². The average Bonchev–Trinajstić information content (AvgIpc) is 1.93. The first-order chi connectivity index (χ1) is 5.49. The molecular formula is C6H10INO3S. The third-order valence-electron chi connectivity index (χ3n) is 1.78. The Kier molecular flexibility index (Phi) is 3.47. The summed E-state index contributed by atoms with van der Waals surface area (Å²) in [5.41, 5.74) is 0. The maximum atomic E-state index is 11.0. The summed E-state index contributed by atoms with van der Waals surface area (Å²) in [6, 6.07) is 0. The van der Waals surface area contributed by atoms with E-state index in [9.17, 15) is 13.2 Å². The molecule has 12 heavy (non-hydrogen) atoms. The van der Waals surface area contributed by atoms with Crippen LogP contribution in [0.5, 0.6) is 0 Å². The minimum Gasteiger partial charge on any atom is -0.293 e. The summed E-state index contributed by atoms with van der Waals surface area (Å²) in [5.74, 6) is 0.383. The zero-order valence-corrected chi connectivity index (χ0v) is 9.47. The lowest BCUT2D eigenvalue weighted by atomic mass is 10.5. The standard InChI is InChI=1S/C6H10INO3S/c7-6(9)5-8-1-3-12(10,11)4-2-8/h1-5H2. The van der Waals surface area contributed by atoms with E-state index in [1.54, 1.807) is 22.6 Å². The molecule has 0 saturated carbocycles. The highest BCUT2D eigenvalue weighted by Crippen LogP contribution is 2.04. The van der Waals surface area contributed by atoms with Gasteiger partial charge in [-0.1, -0.05) is 0 Å². The van der Waals surface area contributed by atoms with Gasteiger partial charge in [0.1, 0.15) is 0 Å². The molecule has 0 bridgehead atoms. The van der Waals surface area contributed by atoms with Crippen LogP contribution in [0.1, 0.15) is 0 Å². The second kappa shape index (κ2) is 4.01. The van der Waals surface area contributed by atoms with Crippen LogP contribution >= 0.6 is 22.6 Å². The molecule has 1 fully saturated rings. The van der Waals surface area contributed by atoms with Crippen LogP contribution in [0.15, 0.2) is 0 Å². The van der Waals surface area contributed by atoms with Crippen LogP contribution in [0.3, 0.4) is 0 Å². The van der Waals surface area contributed by atoms with Crippen LogP contribution < -0.4 is 0 Å². The Labute approximate surface area is 85.4 Å². The van der Waals surface area contributed by atoms with Gasteiger partial charge in [-0.25, -0.2) is 8.42 Å². The van der Waals surface area contributed by atoms with Gasteiger partial charge in [-0.05, 0) is 0 Å². The van der Waals surface area contributed by atoms with E-state index in [4.69, 9.17) is 0 Å². The van der Waals surface area contributed by atoms with Crippen molar-refractivity contribution < 1.29 is 13.2 Å². The molecule has 0 atom stereocenters. The number of carbonyl (C=O) groups is 1. The largest absolute Gasteiger partial charge is 0.293 e. The highest BCUT2D eigenvalue weighted by Gasteiger charge is 2.21. The van der Waals surface area contributed by atoms with Gasteiger partial charge in [-0.3, -0.25) is 9.69 Å². The van der Waals surface area contributed by atoms with Crippen LogP contribution in [0.4, 0.5) is 0 Å². The molecule has 70 valence electrons. The van der Waals surface area contributed by atoms with E-state index in [1.807, 2.05) is 4.90 Å². The minimum atomic E-state index is -2.81. The number of halogens is 1. The average molecular weight is 303 g/mol. The van der Waals surface area contributed by atoms with Gasteiger partial charge >= 0.3 is 0 Å². The van der Waals surface area contributed by atoms with Gasteiger partial charge < -0.3 is 0 Å². The summed E-state index contributed by atoms with van der Waals surface area (Å²) >= 11 is 1.72. The van der Waals surface area contributed by atoms with E-state index < -0.39 is 9.84 Å². The van der Waals surface area contributed by atoms with Crippen LogP contribution in [0.25, 0.3) is 0 Å². The Balaban J connectivity index is 2.41. The number of hydrogen-bond acceptors (Lipinski definition) is 4. The van der Waals surface area contributed by atoms with Crippen molar-refractivity contribution in [3.05, 3.63) is 0 Å². The third kappa shape index (κ3) is 3.36. The lowest BCUT2D eigenvalue weighted by Gasteiger charge is -2.24. The quantitative estimate of drug-likeness (QED) is 0.518. The number of carbonyl (C=O) groups excluding carboxylic acids is 1. The summed E-state index contributed by atoms with van der Waals surface area (Å²) < 4.78 is 22.0. The highest BCUT2D eigenvalue weighted by molar-refractivity contribution is 14.1. The molecule has 0 unspecified atom stereocenters. The zero-order chi connectivity index (χ0) is 9.19. The van der Waals surface area contributed by atoms with Gasteiger partial charge in [0.25, 0.3) is 0 Å². The van der Waals surface area contributed by atoms with Gasteiger partial charge in [0.2, 0.25) is 3.79 Å². The molecule has 1 saturated heterocycles. The Hall–Kier alpha value is 0.310. The molecule has 0 spiro atoms. The number of rotatable bonds is 2. The first-order valence-electron chi connectivity index (χ1n) is 3.61. The zero-order valence-electron chi connectivity index (χ0n) is 6.49. The molecule has 0 aromatic rings. The lowest BCUT2D eigenvalue weighted by Crippen LogP contribution is -2.41. The number of sulfone groups is 1. The topological polar surface area (TPSA) is 54.5 Å². The second-order valence-electron chi connectivity index (χ2n) is 2.78. The van der Waals surface area contributed by atoms with E-state index in [0.717, 1.165) is 0 Å². The van der Waals surface area contributed by atoms with Crippen molar-refractivity contribution in [3.63, 3.8) is 0 Å². The van der Waals surface area contributed by atoms with Crippen LogP contribution in [0.2, 0.25) is 0 Å². The van der Waals surface area contributed by atoms with Crippen molar-refractivity contribution in [2.24, 2.45) is 0 Å². The summed E-state index contributed by atoms with van der Waals surface area (Å²) in [7, 11) is -2.81. The monoisotopic (exact) mass is 303 g/mol. The molecule has 1 aliphatic rings. The maximum Gasteiger partial charge on any atom is 0.206 e. The van der Waals surface area contributed by atoms with Gasteiger partial charge in [0.05, 0.1) is 18.1 Å². The third-order valence-corrected chi connectivity index (χ3v) is 3.74. The maximum absolute atomic E-state index is 11.0. The minimum absolute atomic E-state index is 0.0619. The molecule has 0 aromatic heterocycles. The first kappa shape index (κ1) is 10.4. The van der Waals surface area contributed by atoms with Gasteiger partial charge in [0, 0.05) is 35.7 Å². The summed E-state index contributed by atoms with van der Waals surface area (Å²) in [6.45, 7) is 1.37. The summed E-state index contributed by atoms with van der Waals surface area (Å²) in [5, 5.41) is 0. The smallest absolute Gasteiger partial charge is 0.206 e. The first-order valence-corrected chi connectivity index (χ1v) is 6.51. The molecule has 1 aliphatic heterocycles. The van der Waals surface area contributed by atoms with Crippen LogP contribution in [-0.4, -0.2) is 48.2 Å². The Bertz CT molecular complexity index is 261.